The first kappa shape index (κ1) is 21.4. The molecule has 0 radical (unpaired) electrons. The minimum atomic E-state index is -3.59. The van der Waals surface area contributed by atoms with Gasteiger partial charge in [-0.25, -0.2) is 17.6 Å². The fourth-order valence-corrected chi connectivity index (χ4v) is 5.95. The molecule has 1 aromatic heterocycles. The lowest BCUT2D eigenvalue weighted by Crippen LogP contribution is -2.16. The lowest BCUT2D eigenvalue weighted by molar-refractivity contribution is -0.116. The Morgan fingerprint density at radius 1 is 1.17 bits per heavy atom. The number of esters is 1. The van der Waals surface area contributed by atoms with E-state index in [1.165, 1.54) is 30.6 Å². The molecule has 9 heteroatoms. The third-order valence-corrected chi connectivity index (χ3v) is 7.83. The molecule has 0 saturated carbocycles. The molecule has 1 heterocycles. The Kier molecular flexibility index (Phi) is 6.69. The molecule has 1 aliphatic rings. The Labute approximate surface area is 173 Å². The topological polar surface area (TPSA) is 89.5 Å². The summed E-state index contributed by atoms with van der Waals surface area (Å²) in [4.78, 5) is 25.7. The molecular weight excluding hydrogens is 417 g/mol. The summed E-state index contributed by atoms with van der Waals surface area (Å²) in [6, 6.07) is 4.60. The molecule has 156 valence electrons. The summed E-state index contributed by atoms with van der Waals surface area (Å²) >= 11 is 1.38. The van der Waals surface area contributed by atoms with Crippen molar-refractivity contribution in [1.29, 1.82) is 0 Å². The van der Waals surface area contributed by atoms with Gasteiger partial charge in [-0.05, 0) is 61.9 Å². The van der Waals surface area contributed by atoms with Crippen molar-refractivity contribution in [3.8, 4) is 0 Å². The van der Waals surface area contributed by atoms with E-state index in [1.807, 2.05) is 0 Å². The second kappa shape index (κ2) is 9.04. The highest BCUT2D eigenvalue weighted by Crippen LogP contribution is 2.38. The molecule has 1 amide bonds. The zero-order chi connectivity index (χ0) is 21.0. The van der Waals surface area contributed by atoms with Crippen LogP contribution in [0.3, 0.4) is 0 Å². The number of nitrogens with one attached hydrogen (secondary N) is 1. The number of halogens is 1. The average Bonchev–Trinajstić information content (AvgIpc) is 3.05. The standard InChI is InChI=1S/C20H22FNO5S2/c1-27-20(24)18-15-5-2-3-6-16(15)28-19(18)22-17(23)7-4-12-29(25,26)14-10-8-13(21)9-11-14/h8-11H,2-7,12H2,1H3,(H,22,23). The van der Waals surface area contributed by atoms with E-state index in [2.05, 4.69) is 5.32 Å². The number of fused-ring (bicyclic) bond motifs is 1. The monoisotopic (exact) mass is 439 g/mol. The van der Waals surface area contributed by atoms with Gasteiger partial charge < -0.3 is 10.1 Å². The second-order valence-electron chi connectivity index (χ2n) is 6.83. The molecule has 0 spiro atoms. The molecule has 29 heavy (non-hydrogen) atoms. The van der Waals surface area contributed by atoms with Crippen molar-refractivity contribution in [2.45, 2.75) is 43.4 Å². The van der Waals surface area contributed by atoms with E-state index in [0.717, 1.165) is 48.3 Å². The molecule has 0 unspecified atom stereocenters. The van der Waals surface area contributed by atoms with Crippen LogP contribution in [0.15, 0.2) is 29.2 Å². The number of amides is 1. The van der Waals surface area contributed by atoms with Gasteiger partial charge in [0.25, 0.3) is 0 Å². The predicted octanol–water partition coefficient (Wildman–Crippen LogP) is 3.75. The first-order valence-corrected chi connectivity index (χ1v) is 11.8. The van der Waals surface area contributed by atoms with E-state index in [0.29, 0.717) is 10.6 Å². The summed E-state index contributed by atoms with van der Waals surface area (Å²) in [6.45, 7) is 0. The number of rotatable bonds is 7. The van der Waals surface area contributed by atoms with E-state index in [1.54, 1.807) is 0 Å². The van der Waals surface area contributed by atoms with Gasteiger partial charge in [0.05, 0.1) is 23.3 Å². The van der Waals surface area contributed by atoms with Crippen LogP contribution in [0.5, 0.6) is 0 Å². The number of methoxy groups -OCH3 is 1. The number of carbonyl (C=O) groups excluding carboxylic acids is 2. The van der Waals surface area contributed by atoms with Crippen LogP contribution in [0.2, 0.25) is 0 Å². The van der Waals surface area contributed by atoms with E-state index in [4.69, 9.17) is 4.74 Å². The molecule has 1 aromatic carbocycles. The van der Waals surface area contributed by atoms with Gasteiger partial charge >= 0.3 is 5.97 Å². The number of thiophene rings is 1. The van der Waals surface area contributed by atoms with Crippen LogP contribution in [0.1, 0.15) is 46.5 Å². The zero-order valence-electron chi connectivity index (χ0n) is 16.0. The first-order chi connectivity index (χ1) is 13.8. The molecule has 2 aromatic rings. The van der Waals surface area contributed by atoms with Crippen LogP contribution in [-0.2, 0) is 32.2 Å². The van der Waals surface area contributed by atoms with Crippen molar-refractivity contribution >= 4 is 38.1 Å². The van der Waals surface area contributed by atoms with Crippen molar-refractivity contribution in [2.24, 2.45) is 0 Å². The lowest BCUT2D eigenvalue weighted by Gasteiger charge is -2.11. The molecule has 0 fully saturated rings. The third-order valence-electron chi connectivity index (χ3n) is 4.80. The van der Waals surface area contributed by atoms with Crippen molar-refractivity contribution in [1.82, 2.24) is 0 Å². The number of benzene rings is 1. The summed E-state index contributed by atoms with van der Waals surface area (Å²) in [7, 11) is -2.28. The molecule has 1 N–H and O–H groups in total. The van der Waals surface area contributed by atoms with Gasteiger partial charge in [0.1, 0.15) is 10.8 Å². The van der Waals surface area contributed by atoms with Gasteiger partial charge in [0.15, 0.2) is 9.84 Å². The highest BCUT2D eigenvalue weighted by atomic mass is 32.2. The minimum absolute atomic E-state index is 0.0103. The molecule has 6 nitrogen and oxygen atoms in total. The highest BCUT2D eigenvalue weighted by molar-refractivity contribution is 7.91. The largest absolute Gasteiger partial charge is 0.465 e. The van der Waals surface area contributed by atoms with E-state index in [-0.39, 0.29) is 29.4 Å². The molecule has 0 aliphatic heterocycles. The quantitative estimate of drug-likeness (QED) is 0.524. The van der Waals surface area contributed by atoms with Crippen LogP contribution in [0, 0.1) is 5.82 Å². The predicted molar refractivity (Wildman–Crippen MR) is 109 cm³/mol. The van der Waals surface area contributed by atoms with Gasteiger partial charge in [0, 0.05) is 11.3 Å². The normalized spacial score (nSPS) is 13.6. The zero-order valence-corrected chi connectivity index (χ0v) is 17.6. The van der Waals surface area contributed by atoms with Crippen molar-refractivity contribution in [2.75, 3.05) is 18.2 Å². The summed E-state index contributed by atoms with van der Waals surface area (Å²) < 4.78 is 42.4. The number of hydrogen-bond donors (Lipinski definition) is 1. The van der Waals surface area contributed by atoms with Gasteiger partial charge in [-0.3, -0.25) is 4.79 Å². The van der Waals surface area contributed by atoms with Crippen LogP contribution in [-0.4, -0.2) is 33.2 Å². The summed E-state index contributed by atoms with van der Waals surface area (Å²) in [5, 5.41) is 3.22. The van der Waals surface area contributed by atoms with E-state index < -0.39 is 21.6 Å². The number of anilines is 1. The fraction of sp³-hybridized carbons (Fsp3) is 0.400. The van der Waals surface area contributed by atoms with E-state index in [9.17, 15) is 22.4 Å². The number of carbonyl (C=O) groups is 2. The Balaban J connectivity index is 1.63. The number of sulfone groups is 1. The van der Waals surface area contributed by atoms with Crippen molar-refractivity contribution < 1.29 is 27.1 Å². The summed E-state index contributed by atoms with van der Waals surface area (Å²) in [5.41, 5.74) is 1.36. The number of ether oxygens (including phenoxy) is 1. The van der Waals surface area contributed by atoms with Crippen LogP contribution in [0.25, 0.3) is 0 Å². The van der Waals surface area contributed by atoms with Crippen LogP contribution in [0.4, 0.5) is 9.39 Å². The lowest BCUT2D eigenvalue weighted by atomic mass is 9.95. The summed E-state index contributed by atoms with van der Waals surface area (Å²) in [6.07, 6.45) is 3.79. The van der Waals surface area contributed by atoms with Crippen molar-refractivity contribution in [3.63, 3.8) is 0 Å². The van der Waals surface area contributed by atoms with Gasteiger partial charge in [-0.2, -0.15) is 0 Å². The maximum atomic E-state index is 13.0. The van der Waals surface area contributed by atoms with Crippen molar-refractivity contribution in [3.05, 3.63) is 46.1 Å². The smallest absolute Gasteiger partial charge is 0.341 e. The third kappa shape index (κ3) is 5.02. The Hall–Kier alpha value is -2.26. The maximum absolute atomic E-state index is 13.0. The van der Waals surface area contributed by atoms with Crippen LogP contribution < -0.4 is 5.32 Å². The first-order valence-electron chi connectivity index (χ1n) is 9.33. The fourth-order valence-electron chi connectivity index (χ4n) is 3.34. The number of hydrogen-bond acceptors (Lipinski definition) is 6. The molecular formula is C20H22FNO5S2. The molecule has 3 rings (SSSR count). The van der Waals surface area contributed by atoms with Gasteiger partial charge in [0.2, 0.25) is 5.91 Å². The Morgan fingerprint density at radius 2 is 1.86 bits per heavy atom. The molecule has 0 atom stereocenters. The average molecular weight is 440 g/mol. The Morgan fingerprint density at radius 3 is 2.55 bits per heavy atom. The maximum Gasteiger partial charge on any atom is 0.341 e. The second-order valence-corrected chi connectivity index (χ2v) is 10.0. The highest BCUT2D eigenvalue weighted by Gasteiger charge is 2.27. The number of aryl methyl sites for hydroxylation is 1. The van der Waals surface area contributed by atoms with Crippen LogP contribution >= 0.6 is 11.3 Å². The van der Waals surface area contributed by atoms with E-state index >= 15 is 0 Å². The molecule has 0 bridgehead atoms. The van der Waals surface area contributed by atoms with Gasteiger partial charge in [-0.1, -0.05) is 0 Å². The van der Waals surface area contributed by atoms with Gasteiger partial charge in [-0.15, -0.1) is 11.3 Å². The summed E-state index contributed by atoms with van der Waals surface area (Å²) in [5.74, 6) is -1.57. The molecule has 0 saturated heterocycles. The molecule has 1 aliphatic carbocycles. The Bertz CT molecular complexity index is 1010. The minimum Gasteiger partial charge on any atom is -0.465 e. The SMILES string of the molecule is COC(=O)c1c(NC(=O)CCCS(=O)(=O)c2ccc(F)cc2)sc2c1CCCC2.